The Morgan fingerprint density at radius 1 is 1.47 bits per heavy atom. The summed E-state index contributed by atoms with van der Waals surface area (Å²) in [5.74, 6) is 0.0286. The summed E-state index contributed by atoms with van der Waals surface area (Å²) in [5, 5.41) is 14.9. The summed E-state index contributed by atoms with van der Waals surface area (Å²) < 4.78 is 4.89. The van der Waals surface area contributed by atoms with E-state index < -0.39 is 0 Å². The Bertz CT molecular complexity index is 230. The van der Waals surface area contributed by atoms with E-state index in [0.29, 0.717) is 19.7 Å². The smallest absolute Gasteiger partial charge is 0.233 e. The van der Waals surface area contributed by atoms with Gasteiger partial charge in [0, 0.05) is 33.4 Å². The van der Waals surface area contributed by atoms with Gasteiger partial charge >= 0.3 is 0 Å². The van der Waals surface area contributed by atoms with E-state index in [0.717, 1.165) is 32.2 Å². The lowest BCUT2D eigenvalue weighted by Crippen LogP contribution is -2.37. The van der Waals surface area contributed by atoms with Gasteiger partial charge in [-0.25, -0.2) is 0 Å². The van der Waals surface area contributed by atoms with Crippen molar-refractivity contribution in [2.24, 2.45) is 5.41 Å². The van der Waals surface area contributed by atoms with Crippen LogP contribution in [0.5, 0.6) is 0 Å². The molecule has 0 saturated heterocycles. The molecule has 100 valence electrons. The second-order valence-electron chi connectivity index (χ2n) is 4.77. The molecule has 0 aromatic rings. The lowest BCUT2D eigenvalue weighted by Gasteiger charge is -2.14. The normalized spacial score (nSPS) is 16.8. The first-order chi connectivity index (χ1) is 8.22. The van der Waals surface area contributed by atoms with E-state index in [1.165, 1.54) is 0 Å². The van der Waals surface area contributed by atoms with E-state index in [1.54, 1.807) is 7.11 Å². The van der Waals surface area contributed by atoms with Crippen LogP contribution in [-0.2, 0) is 9.53 Å². The standard InChI is InChI=1S/C12H24N2O3/c1-17-8-2-6-14-11(16)9-13-10-12(3-4-12)5-7-15/h13,15H,2-10H2,1H3,(H,14,16). The molecule has 0 atom stereocenters. The number of carbonyl (C=O) groups excluding carboxylic acids is 1. The summed E-state index contributed by atoms with van der Waals surface area (Å²) in [4.78, 5) is 11.4. The second kappa shape index (κ2) is 7.63. The van der Waals surface area contributed by atoms with Gasteiger partial charge in [0.1, 0.15) is 0 Å². The first-order valence-electron chi connectivity index (χ1n) is 6.30. The molecular weight excluding hydrogens is 220 g/mol. The molecule has 0 unspecified atom stereocenters. The molecule has 0 spiro atoms. The van der Waals surface area contributed by atoms with Gasteiger partial charge in [-0.3, -0.25) is 4.79 Å². The van der Waals surface area contributed by atoms with Gasteiger partial charge in [-0.1, -0.05) is 0 Å². The Morgan fingerprint density at radius 2 is 2.24 bits per heavy atom. The molecule has 0 heterocycles. The number of aliphatic hydroxyl groups excluding tert-OH is 1. The molecular formula is C12H24N2O3. The Labute approximate surface area is 103 Å². The predicted molar refractivity (Wildman–Crippen MR) is 65.7 cm³/mol. The number of hydrogen-bond acceptors (Lipinski definition) is 4. The van der Waals surface area contributed by atoms with Crippen molar-refractivity contribution in [2.45, 2.75) is 25.7 Å². The first-order valence-corrected chi connectivity index (χ1v) is 6.30. The van der Waals surface area contributed by atoms with E-state index in [-0.39, 0.29) is 17.9 Å². The molecule has 0 aliphatic heterocycles. The SMILES string of the molecule is COCCCNC(=O)CNCC1(CCO)CC1. The van der Waals surface area contributed by atoms with Crippen molar-refractivity contribution < 1.29 is 14.6 Å². The zero-order valence-electron chi connectivity index (χ0n) is 10.6. The van der Waals surface area contributed by atoms with Crippen LogP contribution in [-0.4, -0.2) is 51.0 Å². The highest BCUT2D eigenvalue weighted by molar-refractivity contribution is 5.77. The van der Waals surface area contributed by atoms with E-state index in [1.807, 2.05) is 0 Å². The van der Waals surface area contributed by atoms with Crippen LogP contribution in [0.1, 0.15) is 25.7 Å². The number of hydrogen-bond donors (Lipinski definition) is 3. The van der Waals surface area contributed by atoms with Crippen LogP contribution in [0.25, 0.3) is 0 Å². The third-order valence-electron chi connectivity index (χ3n) is 3.23. The van der Waals surface area contributed by atoms with E-state index in [4.69, 9.17) is 9.84 Å². The quantitative estimate of drug-likeness (QED) is 0.469. The molecule has 1 aliphatic carbocycles. The van der Waals surface area contributed by atoms with Crippen molar-refractivity contribution >= 4 is 5.91 Å². The Morgan fingerprint density at radius 3 is 2.82 bits per heavy atom. The van der Waals surface area contributed by atoms with Gasteiger partial charge in [-0.2, -0.15) is 0 Å². The highest BCUT2D eigenvalue weighted by Crippen LogP contribution is 2.47. The summed E-state index contributed by atoms with van der Waals surface area (Å²) in [7, 11) is 1.65. The van der Waals surface area contributed by atoms with Gasteiger partial charge in [-0.05, 0) is 31.1 Å². The maximum Gasteiger partial charge on any atom is 0.233 e. The van der Waals surface area contributed by atoms with Crippen LogP contribution in [0.3, 0.4) is 0 Å². The number of rotatable bonds is 10. The number of nitrogens with one attached hydrogen (secondary N) is 2. The highest BCUT2D eigenvalue weighted by atomic mass is 16.5. The summed E-state index contributed by atoms with van der Waals surface area (Å²) >= 11 is 0. The van der Waals surface area contributed by atoms with E-state index in [2.05, 4.69) is 10.6 Å². The molecule has 17 heavy (non-hydrogen) atoms. The molecule has 1 saturated carbocycles. The van der Waals surface area contributed by atoms with Gasteiger partial charge < -0.3 is 20.5 Å². The molecule has 1 fully saturated rings. The van der Waals surface area contributed by atoms with Gasteiger partial charge in [0.15, 0.2) is 0 Å². The second-order valence-corrected chi connectivity index (χ2v) is 4.77. The molecule has 0 aromatic carbocycles. The van der Waals surface area contributed by atoms with Crippen molar-refractivity contribution in [3.05, 3.63) is 0 Å². The monoisotopic (exact) mass is 244 g/mol. The number of carbonyl (C=O) groups is 1. The molecule has 1 aliphatic rings. The minimum atomic E-state index is 0.0286. The topological polar surface area (TPSA) is 70.6 Å². The molecule has 1 rings (SSSR count). The molecule has 3 N–H and O–H groups in total. The summed E-state index contributed by atoms with van der Waals surface area (Å²) in [5.41, 5.74) is 0.269. The van der Waals surface area contributed by atoms with Crippen LogP contribution >= 0.6 is 0 Å². The van der Waals surface area contributed by atoms with Crippen LogP contribution in [0.15, 0.2) is 0 Å². The van der Waals surface area contributed by atoms with Gasteiger partial charge in [-0.15, -0.1) is 0 Å². The number of aliphatic hydroxyl groups is 1. The van der Waals surface area contributed by atoms with E-state index >= 15 is 0 Å². The molecule has 0 aromatic heterocycles. The van der Waals surface area contributed by atoms with Crippen molar-refractivity contribution in [1.82, 2.24) is 10.6 Å². The molecule has 5 heteroatoms. The van der Waals surface area contributed by atoms with Gasteiger partial charge in [0.2, 0.25) is 5.91 Å². The van der Waals surface area contributed by atoms with Crippen molar-refractivity contribution in [3.63, 3.8) is 0 Å². The fourth-order valence-corrected chi connectivity index (χ4v) is 1.88. The van der Waals surface area contributed by atoms with Crippen molar-refractivity contribution in [1.29, 1.82) is 0 Å². The number of ether oxygens (including phenoxy) is 1. The lowest BCUT2D eigenvalue weighted by molar-refractivity contribution is -0.120. The van der Waals surface area contributed by atoms with E-state index in [9.17, 15) is 4.79 Å². The predicted octanol–water partition coefficient (Wildman–Crippen LogP) is -0.109. The average molecular weight is 244 g/mol. The third kappa shape index (κ3) is 6.00. The van der Waals surface area contributed by atoms with Crippen LogP contribution < -0.4 is 10.6 Å². The zero-order chi connectivity index (χ0) is 12.6. The first kappa shape index (κ1) is 14.4. The maximum atomic E-state index is 11.4. The summed E-state index contributed by atoms with van der Waals surface area (Å²) in [6.07, 6.45) is 4.01. The molecule has 0 radical (unpaired) electrons. The fourth-order valence-electron chi connectivity index (χ4n) is 1.88. The van der Waals surface area contributed by atoms with Crippen LogP contribution in [0, 0.1) is 5.41 Å². The Balaban J connectivity index is 1.97. The largest absolute Gasteiger partial charge is 0.396 e. The Kier molecular flexibility index (Phi) is 6.47. The molecule has 0 bridgehead atoms. The highest BCUT2D eigenvalue weighted by Gasteiger charge is 2.41. The van der Waals surface area contributed by atoms with Gasteiger partial charge in [0.25, 0.3) is 0 Å². The minimum absolute atomic E-state index is 0.0286. The number of methoxy groups -OCH3 is 1. The molecule has 1 amide bonds. The number of amides is 1. The maximum absolute atomic E-state index is 11.4. The zero-order valence-corrected chi connectivity index (χ0v) is 10.6. The minimum Gasteiger partial charge on any atom is -0.396 e. The summed E-state index contributed by atoms with van der Waals surface area (Å²) in [6, 6.07) is 0. The van der Waals surface area contributed by atoms with Crippen LogP contribution in [0.2, 0.25) is 0 Å². The van der Waals surface area contributed by atoms with Crippen molar-refractivity contribution in [3.8, 4) is 0 Å². The van der Waals surface area contributed by atoms with Crippen molar-refractivity contribution in [2.75, 3.05) is 40.0 Å². The third-order valence-corrected chi connectivity index (χ3v) is 3.23. The van der Waals surface area contributed by atoms with Crippen LogP contribution in [0.4, 0.5) is 0 Å². The average Bonchev–Trinajstić information content (AvgIpc) is 3.05. The Hall–Kier alpha value is -0.650. The molecule has 5 nitrogen and oxygen atoms in total. The van der Waals surface area contributed by atoms with Gasteiger partial charge in [0.05, 0.1) is 6.54 Å². The fraction of sp³-hybridized carbons (Fsp3) is 0.917. The summed E-state index contributed by atoms with van der Waals surface area (Å²) in [6.45, 7) is 2.77. The lowest BCUT2D eigenvalue weighted by atomic mass is 10.0.